The molecule has 0 aromatic rings. The Morgan fingerprint density at radius 1 is 0.618 bits per heavy atom. The molecule has 0 radical (unpaired) electrons. The van der Waals surface area contributed by atoms with Gasteiger partial charge >= 0.3 is 0 Å². The van der Waals surface area contributed by atoms with E-state index in [1.54, 1.807) is 6.08 Å². The number of rotatable bonds is 41. The molecule has 2 N–H and O–H groups in total. The van der Waals surface area contributed by atoms with Gasteiger partial charge in [-0.1, -0.05) is 185 Å². The van der Waals surface area contributed by atoms with Crippen molar-refractivity contribution in [2.24, 2.45) is 0 Å². The predicted molar refractivity (Wildman–Crippen MR) is 233 cm³/mol. The van der Waals surface area contributed by atoms with E-state index in [1.807, 2.05) is 27.2 Å². The van der Waals surface area contributed by atoms with Gasteiger partial charge in [0.1, 0.15) is 13.2 Å². The molecule has 0 aromatic heterocycles. The molecule has 3 unspecified atom stereocenters. The van der Waals surface area contributed by atoms with Crippen molar-refractivity contribution in [1.29, 1.82) is 0 Å². The fourth-order valence-corrected chi connectivity index (χ4v) is 7.14. The van der Waals surface area contributed by atoms with Crippen molar-refractivity contribution in [2.75, 3.05) is 40.9 Å². The van der Waals surface area contributed by atoms with Crippen LogP contribution in [-0.2, 0) is 18.4 Å². The van der Waals surface area contributed by atoms with Gasteiger partial charge in [-0.05, 0) is 44.9 Å². The molecule has 3 atom stereocenters. The van der Waals surface area contributed by atoms with Crippen molar-refractivity contribution >= 4 is 13.7 Å². The van der Waals surface area contributed by atoms with Gasteiger partial charge in [-0.25, -0.2) is 0 Å². The van der Waals surface area contributed by atoms with Crippen LogP contribution in [0.3, 0.4) is 0 Å². The summed E-state index contributed by atoms with van der Waals surface area (Å²) in [5.74, 6) is -0.222. The Morgan fingerprint density at radius 2 is 1.02 bits per heavy atom. The normalized spacial score (nSPS) is 14.7. The van der Waals surface area contributed by atoms with E-state index in [1.165, 1.54) is 128 Å². The molecular formula is C46H89N2O6P. The summed E-state index contributed by atoms with van der Waals surface area (Å²) in [6.45, 7) is 4.54. The monoisotopic (exact) mass is 797 g/mol. The SMILES string of the molecule is CCCCCCCCCCCCCCCCCCC/C=C/CC/C=C/CC/C=C/C(O)C(COP(=O)([O-])OCC[N+](C)(C)C)NC(=O)CCCCCCCC. The fourth-order valence-electron chi connectivity index (χ4n) is 6.42. The standard InChI is InChI=1S/C46H89N2O6P/c1-6-8-10-12-14-15-16-17-18-19-20-21-22-23-24-25-26-27-28-29-30-31-32-33-34-35-37-39-45(49)44(47-46(50)40-38-36-13-11-9-7-2)43-54-55(51,52)53-42-41-48(3,4)5/h28-29,32-33,37,39,44-45,49H,6-27,30-31,34-36,38,40-43H2,1-5H3,(H-,47,50,51,52)/b29-28+,33-32+,39-37+. The Bertz CT molecular complexity index is 995. The van der Waals surface area contributed by atoms with Crippen LogP contribution in [0.5, 0.6) is 0 Å². The highest BCUT2D eigenvalue weighted by atomic mass is 31.2. The topological polar surface area (TPSA) is 108 Å². The van der Waals surface area contributed by atoms with E-state index >= 15 is 0 Å². The smallest absolute Gasteiger partial charge is 0.268 e. The minimum absolute atomic E-state index is 0.00872. The van der Waals surface area contributed by atoms with Gasteiger partial charge in [-0.15, -0.1) is 0 Å². The van der Waals surface area contributed by atoms with Gasteiger partial charge in [0.15, 0.2) is 0 Å². The third kappa shape index (κ3) is 40.7. The maximum absolute atomic E-state index is 12.7. The second-order valence-corrected chi connectivity index (χ2v) is 18.2. The number of unbranched alkanes of at least 4 members (excludes halogenated alkanes) is 24. The Morgan fingerprint density at radius 3 is 1.47 bits per heavy atom. The molecule has 0 saturated heterocycles. The lowest BCUT2D eigenvalue weighted by atomic mass is 10.0. The lowest BCUT2D eigenvalue weighted by Crippen LogP contribution is -2.45. The first-order valence-corrected chi connectivity index (χ1v) is 24.3. The Kier molecular flexibility index (Phi) is 37.4. The second-order valence-electron chi connectivity index (χ2n) is 16.7. The summed E-state index contributed by atoms with van der Waals surface area (Å²) < 4.78 is 23.0. The molecule has 0 aliphatic rings. The molecule has 0 rings (SSSR count). The molecular weight excluding hydrogens is 707 g/mol. The van der Waals surface area contributed by atoms with Crippen LogP contribution >= 0.6 is 7.82 Å². The van der Waals surface area contributed by atoms with E-state index in [0.717, 1.165) is 51.4 Å². The second kappa shape index (κ2) is 38.2. The van der Waals surface area contributed by atoms with Gasteiger partial charge in [0, 0.05) is 6.42 Å². The van der Waals surface area contributed by atoms with E-state index in [0.29, 0.717) is 17.4 Å². The Hall–Kier alpha value is -1.28. The first kappa shape index (κ1) is 53.7. The van der Waals surface area contributed by atoms with E-state index < -0.39 is 26.6 Å². The van der Waals surface area contributed by atoms with Crippen molar-refractivity contribution in [1.82, 2.24) is 5.32 Å². The molecule has 0 saturated carbocycles. The van der Waals surface area contributed by atoms with Gasteiger partial charge in [0.05, 0.1) is 39.9 Å². The largest absolute Gasteiger partial charge is 0.756 e. The number of likely N-dealkylation sites (N-methyl/N-ethyl adjacent to an activating group) is 1. The summed E-state index contributed by atoms with van der Waals surface area (Å²) in [7, 11) is 1.23. The Balaban J connectivity index is 4.17. The molecule has 0 aromatic carbocycles. The number of carbonyl (C=O) groups excluding carboxylic acids is 1. The number of quaternary nitrogens is 1. The molecule has 55 heavy (non-hydrogen) atoms. The average Bonchev–Trinajstić information content (AvgIpc) is 3.13. The summed E-state index contributed by atoms with van der Waals surface area (Å²) in [4.78, 5) is 25.0. The van der Waals surface area contributed by atoms with Crippen LogP contribution in [0.2, 0.25) is 0 Å². The van der Waals surface area contributed by atoms with Gasteiger partial charge in [0.25, 0.3) is 7.82 Å². The third-order valence-corrected chi connectivity index (χ3v) is 11.0. The minimum Gasteiger partial charge on any atom is -0.756 e. The number of amides is 1. The highest BCUT2D eigenvalue weighted by Crippen LogP contribution is 2.38. The molecule has 0 fully saturated rings. The summed E-state index contributed by atoms with van der Waals surface area (Å²) in [5.41, 5.74) is 0. The number of hydrogen-bond acceptors (Lipinski definition) is 6. The summed E-state index contributed by atoms with van der Waals surface area (Å²) >= 11 is 0. The van der Waals surface area contributed by atoms with Crippen LogP contribution in [0.25, 0.3) is 0 Å². The number of phosphoric ester groups is 1. The quantitative estimate of drug-likeness (QED) is 0.0276. The van der Waals surface area contributed by atoms with Gasteiger partial charge in [0.2, 0.25) is 5.91 Å². The van der Waals surface area contributed by atoms with Crippen molar-refractivity contribution in [2.45, 2.75) is 212 Å². The van der Waals surface area contributed by atoms with Gasteiger partial charge in [-0.3, -0.25) is 9.36 Å². The zero-order valence-corrected chi connectivity index (χ0v) is 37.5. The molecule has 0 heterocycles. The first-order chi connectivity index (χ1) is 26.5. The zero-order valence-electron chi connectivity index (χ0n) is 36.6. The average molecular weight is 797 g/mol. The third-order valence-electron chi connectivity index (χ3n) is 10.1. The highest BCUT2D eigenvalue weighted by Gasteiger charge is 2.23. The fraction of sp³-hybridized carbons (Fsp3) is 0.848. The lowest BCUT2D eigenvalue weighted by molar-refractivity contribution is -0.870. The minimum atomic E-state index is -4.59. The zero-order chi connectivity index (χ0) is 40.7. The highest BCUT2D eigenvalue weighted by molar-refractivity contribution is 7.45. The molecule has 0 spiro atoms. The number of carbonyl (C=O) groups is 1. The number of nitrogens with one attached hydrogen (secondary N) is 1. The number of allylic oxidation sites excluding steroid dienone is 5. The summed E-state index contributed by atoms with van der Waals surface area (Å²) in [5, 5.41) is 13.6. The summed E-state index contributed by atoms with van der Waals surface area (Å²) in [6, 6.07) is -0.903. The van der Waals surface area contributed by atoms with Crippen LogP contribution in [0.15, 0.2) is 36.5 Å². The van der Waals surface area contributed by atoms with Crippen molar-refractivity contribution < 1.29 is 32.9 Å². The van der Waals surface area contributed by atoms with Crippen LogP contribution in [0.4, 0.5) is 0 Å². The maximum Gasteiger partial charge on any atom is 0.268 e. The van der Waals surface area contributed by atoms with Crippen molar-refractivity contribution in [3.63, 3.8) is 0 Å². The predicted octanol–water partition coefficient (Wildman–Crippen LogP) is 12.1. The van der Waals surface area contributed by atoms with Crippen LogP contribution in [0, 0.1) is 0 Å². The molecule has 0 aliphatic heterocycles. The van der Waals surface area contributed by atoms with E-state index in [9.17, 15) is 19.4 Å². The van der Waals surface area contributed by atoms with E-state index in [2.05, 4.69) is 43.5 Å². The number of aliphatic hydroxyl groups is 1. The van der Waals surface area contributed by atoms with E-state index in [-0.39, 0.29) is 12.5 Å². The number of aliphatic hydroxyl groups excluding tert-OH is 1. The number of hydrogen-bond donors (Lipinski definition) is 2. The lowest BCUT2D eigenvalue weighted by Gasteiger charge is -2.29. The number of phosphoric acid groups is 1. The molecule has 8 nitrogen and oxygen atoms in total. The van der Waals surface area contributed by atoms with Crippen LogP contribution in [-0.4, -0.2) is 68.5 Å². The number of nitrogens with zero attached hydrogens (tertiary/aromatic N) is 1. The van der Waals surface area contributed by atoms with Gasteiger partial charge in [-0.2, -0.15) is 0 Å². The molecule has 324 valence electrons. The maximum atomic E-state index is 12.7. The molecule has 0 bridgehead atoms. The van der Waals surface area contributed by atoms with Crippen LogP contribution in [0.1, 0.15) is 200 Å². The van der Waals surface area contributed by atoms with Crippen molar-refractivity contribution in [3.8, 4) is 0 Å². The van der Waals surface area contributed by atoms with Crippen LogP contribution < -0.4 is 10.2 Å². The first-order valence-electron chi connectivity index (χ1n) is 22.9. The Labute approximate surface area is 340 Å². The van der Waals surface area contributed by atoms with E-state index in [4.69, 9.17) is 9.05 Å². The van der Waals surface area contributed by atoms with Crippen molar-refractivity contribution in [3.05, 3.63) is 36.5 Å². The molecule has 0 aliphatic carbocycles. The van der Waals surface area contributed by atoms with Gasteiger partial charge < -0.3 is 28.8 Å². The molecule has 1 amide bonds. The molecule has 9 heteroatoms. The summed E-state index contributed by atoms with van der Waals surface area (Å²) in [6.07, 6.45) is 46.8.